The number of hydrogen-bond donors (Lipinski definition) is 1. The molecular formula is C16H21FN4O2S. The van der Waals surface area contributed by atoms with E-state index < -0.39 is 20.5 Å². The molecule has 3 unspecified atom stereocenters. The van der Waals surface area contributed by atoms with E-state index >= 15 is 0 Å². The SMILES string of the molecule is CC(C)(C)S(=O)(=O)C1=CC2C(C3CC=C(F)N=C3N)C=NN2C=C1. The first-order chi connectivity index (χ1) is 11.1. The quantitative estimate of drug-likeness (QED) is 0.771. The van der Waals surface area contributed by atoms with Crippen molar-refractivity contribution in [1.82, 2.24) is 5.01 Å². The third kappa shape index (κ3) is 2.68. The molecule has 6 nitrogen and oxygen atoms in total. The molecule has 0 fully saturated rings. The summed E-state index contributed by atoms with van der Waals surface area (Å²) in [5.74, 6) is -0.722. The van der Waals surface area contributed by atoms with E-state index in [2.05, 4.69) is 10.1 Å². The summed E-state index contributed by atoms with van der Waals surface area (Å²) in [7, 11) is -3.46. The Hall–Kier alpha value is -1.96. The summed E-state index contributed by atoms with van der Waals surface area (Å²) in [4.78, 5) is 3.98. The zero-order valence-corrected chi connectivity index (χ0v) is 14.7. The van der Waals surface area contributed by atoms with Crippen LogP contribution in [0.1, 0.15) is 27.2 Å². The molecule has 24 heavy (non-hydrogen) atoms. The van der Waals surface area contributed by atoms with Crippen LogP contribution in [0.3, 0.4) is 0 Å². The number of hydrogen-bond acceptors (Lipinski definition) is 6. The molecule has 0 saturated heterocycles. The minimum Gasteiger partial charge on any atom is -0.387 e. The topological polar surface area (TPSA) is 88.1 Å². The lowest BCUT2D eigenvalue weighted by molar-refractivity contribution is 0.298. The summed E-state index contributed by atoms with van der Waals surface area (Å²) in [6.07, 6.45) is 8.48. The minimum absolute atomic E-state index is 0.159. The number of nitrogens with zero attached hydrogens (tertiary/aromatic N) is 3. The Balaban J connectivity index is 1.92. The van der Waals surface area contributed by atoms with Crippen molar-refractivity contribution < 1.29 is 12.8 Å². The Labute approximate surface area is 141 Å². The highest BCUT2D eigenvalue weighted by Gasteiger charge is 2.41. The van der Waals surface area contributed by atoms with Crippen LogP contribution in [0.15, 0.2) is 45.4 Å². The van der Waals surface area contributed by atoms with E-state index in [1.807, 2.05) is 0 Å². The first kappa shape index (κ1) is 16.9. The second-order valence-corrected chi connectivity index (χ2v) is 9.82. The zero-order chi connectivity index (χ0) is 17.7. The highest BCUT2D eigenvalue weighted by Crippen LogP contribution is 2.36. The number of allylic oxidation sites excluding steroid dienone is 2. The average molecular weight is 352 g/mol. The van der Waals surface area contributed by atoms with Gasteiger partial charge in [0.25, 0.3) is 0 Å². The van der Waals surface area contributed by atoms with Crippen molar-refractivity contribution in [2.45, 2.75) is 38.0 Å². The van der Waals surface area contributed by atoms with Gasteiger partial charge in [0.15, 0.2) is 9.84 Å². The van der Waals surface area contributed by atoms with Gasteiger partial charge in [-0.15, -0.1) is 0 Å². The van der Waals surface area contributed by atoms with Gasteiger partial charge in [-0.05, 0) is 45.4 Å². The fourth-order valence-electron chi connectivity index (χ4n) is 3.02. The number of hydrazone groups is 1. The largest absolute Gasteiger partial charge is 0.387 e. The van der Waals surface area contributed by atoms with Crippen LogP contribution in [0.2, 0.25) is 0 Å². The van der Waals surface area contributed by atoms with E-state index in [1.165, 1.54) is 6.08 Å². The van der Waals surface area contributed by atoms with Crippen LogP contribution in [0.5, 0.6) is 0 Å². The maximum Gasteiger partial charge on any atom is 0.210 e. The normalized spacial score (nSPS) is 29.9. The van der Waals surface area contributed by atoms with Gasteiger partial charge >= 0.3 is 0 Å². The van der Waals surface area contributed by atoms with E-state index in [0.717, 1.165) is 0 Å². The summed E-state index contributed by atoms with van der Waals surface area (Å²) >= 11 is 0. The number of aliphatic imine (C=N–C) groups is 1. The van der Waals surface area contributed by atoms with Crippen molar-refractivity contribution in [2.24, 2.45) is 27.7 Å². The molecule has 2 N–H and O–H groups in total. The van der Waals surface area contributed by atoms with Crippen molar-refractivity contribution in [1.29, 1.82) is 0 Å². The van der Waals surface area contributed by atoms with Gasteiger partial charge in [0.2, 0.25) is 5.95 Å². The molecule has 0 aromatic carbocycles. The van der Waals surface area contributed by atoms with Crippen molar-refractivity contribution in [3.05, 3.63) is 35.3 Å². The molecule has 130 valence electrons. The smallest absolute Gasteiger partial charge is 0.210 e. The molecular weight excluding hydrogens is 331 g/mol. The zero-order valence-electron chi connectivity index (χ0n) is 13.8. The van der Waals surface area contributed by atoms with E-state index in [9.17, 15) is 12.8 Å². The summed E-state index contributed by atoms with van der Waals surface area (Å²) < 4.78 is 37.7. The Kier molecular flexibility index (Phi) is 3.90. The van der Waals surface area contributed by atoms with Gasteiger partial charge in [0, 0.05) is 24.3 Å². The molecule has 3 rings (SSSR count). The average Bonchev–Trinajstić information content (AvgIpc) is 2.89. The van der Waals surface area contributed by atoms with Gasteiger partial charge in [-0.2, -0.15) is 9.49 Å². The third-order valence-electron chi connectivity index (χ3n) is 4.54. The second kappa shape index (κ2) is 5.54. The number of nitrogens with two attached hydrogens (primary N) is 1. The lowest BCUT2D eigenvalue weighted by atomic mass is 9.83. The Morgan fingerprint density at radius 1 is 1.38 bits per heavy atom. The van der Waals surface area contributed by atoms with Crippen molar-refractivity contribution in [3.63, 3.8) is 0 Å². The van der Waals surface area contributed by atoms with Gasteiger partial charge in [-0.25, -0.2) is 13.4 Å². The number of sulfone groups is 1. The molecule has 0 amide bonds. The number of fused-ring (bicyclic) bond motifs is 1. The first-order valence-electron chi connectivity index (χ1n) is 7.78. The van der Waals surface area contributed by atoms with Gasteiger partial charge in [0.05, 0.1) is 15.7 Å². The summed E-state index contributed by atoms with van der Waals surface area (Å²) in [5.41, 5.74) is 5.89. The van der Waals surface area contributed by atoms with E-state index in [4.69, 9.17) is 5.73 Å². The Bertz CT molecular complexity index is 802. The number of halogens is 1. The Morgan fingerprint density at radius 2 is 2.08 bits per heavy atom. The third-order valence-corrected chi connectivity index (χ3v) is 7.04. The molecule has 0 aromatic rings. The molecule has 8 heteroatoms. The summed E-state index contributed by atoms with van der Waals surface area (Å²) in [6, 6.07) is -0.268. The molecule has 3 aliphatic rings. The lowest BCUT2D eigenvalue weighted by Crippen LogP contribution is -2.41. The molecule has 0 bridgehead atoms. The first-order valence-corrected chi connectivity index (χ1v) is 9.26. The van der Waals surface area contributed by atoms with Gasteiger partial charge < -0.3 is 5.73 Å². The van der Waals surface area contributed by atoms with Crippen molar-refractivity contribution in [3.8, 4) is 0 Å². The highest BCUT2D eigenvalue weighted by molar-refractivity contribution is 7.96. The lowest BCUT2D eigenvalue weighted by Gasteiger charge is -2.32. The maximum atomic E-state index is 13.2. The summed E-state index contributed by atoms with van der Waals surface area (Å²) in [6.45, 7) is 5.02. The van der Waals surface area contributed by atoms with E-state index in [0.29, 0.717) is 6.42 Å². The molecule has 0 saturated carbocycles. The van der Waals surface area contributed by atoms with Crippen LogP contribution >= 0.6 is 0 Å². The number of amidine groups is 1. The Morgan fingerprint density at radius 3 is 2.71 bits per heavy atom. The fraction of sp³-hybridized carbons (Fsp3) is 0.500. The molecule has 3 heterocycles. The maximum absolute atomic E-state index is 13.2. The van der Waals surface area contributed by atoms with Gasteiger partial charge in [-0.3, -0.25) is 5.01 Å². The molecule has 0 spiro atoms. The molecule has 0 aliphatic carbocycles. The van der Waals surface area contributed by atoms with Crippen LogP contribution in [-0.2, 0) is 9.84 Å². The predicted octanol–water partition coefficient (Wildman–Crippen LogP) is 2.09. The van der Waals surface area contributed by atoms with Crippen molar-refractivity contribution in [2.75, 3.05) is 0 Å². The van der Waals surface area contributed by atoms with Crippen LogP contribution in [0.4, 0.5) is 4.39 Å². The minimum atomic E-state index is -3.46. The number of rotatable bonds is 2. The van der Waals surface area contributed by atoms with Crippen LogP contribution in [0, 0.1) is 11.8 Å². The molecule has 3 aliphatic heterocycles. The fourth-order valence-corrected chi connectivity index (χ4v) is 4.29. The van der Waals surface area contributed by atoms with Gasteiger partial charge in [-0.1, -0.05) is 0 Å². The van der Waals surface area contributed by atoms with E-state index in [1.54, 1.807) is 50.3 Å². The highest BCUT2D eigenvalue weighted by atomic mass is 32.2. The van der Waals surface area contributed by atoms with Crippen LogP contribution in [-0.4, -0.2) is 36.3 Å². The predicted molar refractivity (Wildman–Crippen MR) is 92.4 cm³/mol. The van der Waals surface area contributed by atoms with Crippen LogP contribution < -0.4 is 5.73 Å². The van der Waals surface area contributed by atoms with Crippen molar-refractivity contribution >= 4 is 21.9 Å². The van der Waals surface area contributed by atoms with Gasteiger partial charge in [0.1, 0.15) is 5.84 Å². The monoisotopic (exact) mass is 352 g/mol. The standard InChI is InChI=1S/C16H21FN4O2S/c1-16(2,3)24(22,23)10-6-7-21-13(8-10)12(9-19-21)11-4-5-14(17)20-15(11)18/h5-9,11-13H,4H2,1-3H3,(H2,18,20). The molecule has 0 aromatic heterocycles. The van der Waals surface area contributed by atoms with Crippen LogP contribution in [0.25, 0.3) is 0 Å². The second-order valence-electron chi connectivity index (χ2n) is 7.12. The van der Waals surface area contributed by atoms with E-state index in [-0.39, 0.29) is 28.6 Å². The molecule has 0 radical (unpaired) electrons. The summed E-state index contributed by atoms with van der Waals surface area (Å²) in [5, 5.41) is 6.01. The molecule has 3 atom stereocenters.